The van der Waals surface area contributed by atoms with Gasteiger partial charge in [-0.15, -0.1) is 0 Å². The van der Waals surface area contributed by atoms with Crippen LogP contribution in [0.15, 0.2) is 67.0 Å². The number of rotatable bonds is 2. The second-order valence-corrected chi connectivity index (χ2v) is 4.08. The molecule has 0 saturated heterocycles. The van der Waals surface area contributed by atoms with Crippen molar-refractivity contribution in [2.75, 3.05) is 0 Å². The normalized spacial score (nSPS) is 10.4. The van der Waals surface area contributed by atoms with Crippen molar-refractivity contribution < 1.29 is 0 Å². The van der Waals surface area contributed by atoms with E-state index in [1.165, 1.54) is 0 Å². The Morgan fingerprint density at radius 1 is 0.889 bits per heavy atom. The van der Waals surface area contributed by atoms with Crippen LogP contribution in [0.5, 0.6) is 0 Å². The van der Waals surface area contributed by atoms with Crippen LogP contribution in [0.25, 0.3) is 17.1 Å². The third kappa shape index (κ3) is 1.95. The van der Waals surface area contributed by atoms with Gasteiger partial charge in [-0.3, -0.25) is 4.57 Å². The molecular weight excluding hydrogens is 219 g/mol. The Morgan fingerprint density at radius 2 is 1.61 bits per heavy atom. The molecular formula is C15H11BN2. The summed E-state index contributed by atoms with van der Waals surface area (Å²) in [5.74, 6) is 0.918. The van der Waals surface area contributed by atoms with Crippen LogP contribution in [0.2, 0.25) is 0 Å². The molecule has 84 valence electrons. The van der Waals surface area contributed by atoms with E-state index in [1.54, 1.807) is 6.20 Å². The largest absolute Gasteiger partial charge is 0.300 e. The zero-order valence-electron chi connectivity index (χ0n) is 9.82. The van der Waals surface area contributed by atoms with E-state index in [2.05, 4.69) is 21.7 Å². The quantitative estimate of drug-likeness (QED) is 0.618. The first kappa shape index (κ1) is 10.8. The maximum absolute atomic E-state index is 5.70. The number of benzene rings is 2. The van der Waals surface area contributed by atoms with Crippen molar-refractivity contribution in [3.63, 3.8) is 0 Å². The molecule has 0 aliphatic rings. The first-order valence-corrected chi connectivity index (χ1v) is 5.79. The van der Waals surface area contributed by atoms with Gasteiger partial charge in [0.05, 0.1) is 0 Å². The van der Waals surface area contributed by atoms with Gasteiger partial charge in [-0.05, 0) is 12.1 Å². The lowest BCUT2D eigenvalue weighted by molar-refractivity contribution is 1.07. The number of imidazole rings is 1. The second kappa shape index (κ2) is 4.53. The maximum Gasteiger partial charge on any atom is 0.144 e. The summed E-state index contributed by atoms with van der Waals surface area (Å²) in [5.41, 5.74) is 2.91. The van der Waals surface area contributed by atoms with Crippen LogP contribution in [0, 0.1) is 0 Å². The van der Waals surface area contributed by atoms with Crippen molar-refractivity contribution in [2.24, 2.45) is 0 Å². The summed E-state index contributed by atoms with van der Waals surface area (Å²) in [5, 5.41) is 0. The minimum Gasteiger partial charge on any atom is -0.300 e. The summed E-state index contributed by atoms with van der Waals surface area (Å²) >= 11 is 0. The molecule has 0 atom stereocenters. The van der Waals surface area contributed by atoms with Gasteiger partial charge in [0.15, 0.2) is 0 Å². The minimum atomic E-state index is 0.761. The maximum atomic E-state index is 5.70. The molecule has 0 fully saturated rings. The fraction of sp³-hybridized carbons (Fsp3) is 0. The van der Waals surface area contributed by atoms with Crippen molar-refractivity contribution in [3.05, 3.63) is 67.0 Å². The van der Waals surface area contributed by atoms with Crippen LogP contribution >= 0.6 is 0 Å². The van der Waals surface area contributed by atoms with E-state index in [0.717, 1.165) is 22.5 Å². The van der Waals surface area contributed by atoms with Crippen LogP contribution in [0.3, 0.4) is 0 Å². The first-order chi connectivity index (χ1) is 8.84. The molecule has 0 bridgehead atoms. The molecule has 0 spiro atoms. The highest BCUT2D eigenvalue weighted by Gasteiger charge is 2.06. The minimum absolute atomic E-state index is 0.761. The van der Waals surface area contributed by atoms with Gasteiger partial charge in [-0.2, -0.15) is 0 Å². The summed E-state index contributed by atoms with van der Waals surface area (Å²) in [7, 11) is 5.70. The van der Waals surface area contributed by atoms with Gasteiger partial charge >= 0.3 is 0 Å². The van der Waals surface area contributed by atoms with Gasteiger partial charge in [0.2, 0.25) is 0 Å². The standard InChI is InChI=1S/C15H11BN2/c16-13-8-6-12(7-9-13)15-17-10-11-18(15)14-4-2-1-3-5-14/h1-11H. The highest BCUT2D eigenvalue weighted by molar-refractivity contribution is 6.32. The molecule has 2 nitrogen and oxygen atoms in total. The first-order valence-electron chi connectivity index (χ1n) is 5.79. The lowest BCUT2D eigenvalue weighted by atomic mass is 9.95. The van der Waals surface area contributed by atoms with E-state index in [-0.39, 0.29) is 0 Å². The fourth-order valence-electron chi connectivity index (χ4n) is 1.95. The predicted octanol–water partition coefficient (Wildman–Crippen LogP) is 2.33. The molecule has 0 amide bonds. The predicted molar refractivity (Wildman–Crippen MR) is 74.4 cm³/mol. The molecule has 2 aromatic carbocycles. The van der Waals surface area contributed by atoms with Crippen LogP contribution in [0.1, 0.15) is 0 Å². The molecule has 3 heteroatoms. The average molecular weight is 230 g/mol. The molecule has 1 heterocycles. The van der Waals surface area contributed by atoms with E-state index in [1.807, 2.05) is 48.7 Å². The van der Waals surface area contributed by atoms with Crippen molar-refractivity contribution in [3.8, 4) is 17.1 Å². The number of hydrogen-bond acceptors (Lipinski definition) is 1. The summed E-state index contributed by atoms with van der Waals surface area (Å²) in [6, 6.07) is 17.9. The fourth-order valence-corrected chi connectivity index (χ4v) is 1.95. The van der Waals surface area contributed by atoms with Gasteiger partial charge < -0.3 is 0 Å². The molecule has 3 aromatic rings. The second-order valence-electron chi connectivity index (χ2n) is 4.08. The van der Waals surface area contributed by atoms with Crippen molar-refractivity contribution >= 4 is 13.3 Å². The van der Waals surface area contributed by atoms with E-state index >= 15 is 0 Å². The van der Waals surface area contributed by atoms with Crippen molar-refractivity contribution in [1.29, 1.82) is 0 Å². The molecule has 0 unspecified atom stereocenters. The van der Waals surface area contributed by atoms with E-state index < -0.39 is 0 Å². The van der Waals surface area contributed by atoms with Gasteiger partial charge in [-0.1, -0.05) is 47.9 Å². The zero-order valence-corrected chi connectivity index (χ0v) is 9.82. The number of para-hydroxylation sites is 1. The molecule has 3 rings (SSSR count). The average Bonchev–Trinajstić information content (AvgIpc) is 2.90. The Balaban J connectivity index is 2.10. The summed E-state index contributed by atoms with van der Waals surface area (Å²) in [4.78, 5) is 4.41. The molecule has 2 radical (unpaired) electrons. The van der Waals surface area contributed by atoms with Crippen molar-refractivity contribution in [2.45, 2.75) is 0 Å². The van der Waals surface area contributed by atoms with Gasteiger partial charge in [0.1, 0.15) is 13.7 Å². The van der Waals surface area contributed by atoms with Gasteiger partial charge in [0.25, 0.3) is 0 Å². The van der Waals surface area contributed by atoms with Gasteiger partial charge in [0, 0.05) is 23.6 Å². The molecule has 1 aromatic heterocycles. The lowest BCUT2D eigenvalue weighted by Gasteiger charge is -2.08. The lowest BCUT2D eigenvalue weighted by Crippen LogP contribution is -2.01. The van der Waals surface area contributed by atoms with Gasteiger partial charge in [-0.25, -0.2) is 4.98 Å². The smallest absolute Gasteiger partial charge is 0.144 e. The van der Waals surface area contributed by atoms with Crippen LogP contribution in [-0.2, 0) is 0 Å². The topological polar surface area (TPSA) is 17.8 Å². The third-order valence-electron chi connectivity index (χ3n) is 2.84. The number of aromatic nitrogens is 2. The summed E-state index contributed by atoms with van der Waals surface area (Å²) < 4.78 is 2.06. The SMILES string of the molecule is [B]c1ccc(-c2nccn2-c2ccccc2)cc1. The number of hydrogen-bond donors (Lipinski definition) is 0. The molecule has 0 aliphatic carbocycles. The molecule has 0 saturated carbocycles. The van der Waals surface area contributed by atoms with Crippen LogP contribution < -0.4 is 5.46 Å². The zero-order chi connectivity index (χ0) is 12.4. The van der Waals surface area contributed by atoms with E-state index in [9.17, 15) is 0 Å². The molecule has 0 N–H and O–H groups in total. The highest BCUT2D eigenvalue weighted by atomic mass is 15.1. The summed E-state index contributed by atoms with van der Waals surface area (Å²) in [6.07, 6.45) is 3.76. The van der Waals surface area contributed by atoms with Crippen LogP contribution in [-0.4, -0.2) is 17.4 Å². The monoisotopic (exact) mass is 230 g/mol. The molecule has 18 heavy (non-hydrogen) atoms. The highest BCUT2D eigenvalue weighted by Crippen LogP contribution is 2.20. The molecule has 0 aliphatic heterocycles. The summed E-state index contributed by atoms with van der Waals surface area (Å²) in [6.45, 7) is 0. The van der Waals surface area contributed by atoms with Crippen molar-refractivity contribution in [1.82, 2.24) is 9.55 Å². The van der Waals surface area contributed by atoms with Crippen LogP contribution in [0.4, 0.5) is 0 Å². The number of nitrogens with zero attached hydrogens (tertiary/aromatic N) is 2. The Kier molecular flexibility index (Phi) is 2.73. The van der Waals surface area contributed by atoms with E-state index in [4.69, 9.17) is 7.85 Å². The van der Waals surface area contributed by atoms with E-state index in [0.29, 0.717) is 0 Å². The third-order valence-corrected chi connectivity index (χ3v) is 2.84. The Bertz CT molecular complexity index is 642. The Labute approximate surface area is 107 Å². The Hall–Kier alpha value is -2.29. The Morgan fingerprint density at radius 3 is 2.33 bits per heavy atom.